The Labute approximate surface area is 209 Å². The summed E-state index contributed by atoms with van der Waals surface area (Å²) < 4.78 is 0. The fourth-order valence-electron chi connectivity index (χ4n) is 4.76. The molecule has 3 aromatic rings. The number of hydrogen-bond acceptors (Lipinski definition) is 3. The zero-order valence-corrected chi connectivity index (χ0v) is 21.2. The number of rotatable bonds is 11. The summed E-state index contributed by atoms with van der Waals surface area (Å²) in [6.07, 6.45) is 4.45. The summed E-state index contributed by atoms with van der Waals surface area (Å²) in [6.45, 7) is 8.69. The summed E-state index contributed by atoms with van der Waals surface area (Å²) in [5.74, 6) is -0.869. The van der Waals surface area contributed by atoms with E-state index in [1.807, 2.05) is 93.3 Å². The predicted molar refractivity (Wildman–Crippen MR) is 141 cm³/mol. The minimum Gasteiger partial charge on any atom is -0.356 e. The standard InChI is InChI=1S/C30H37N3O2/c1-22(2)33(23(3)4)30(35)29(26-16-11-18-31-21-26)27(25-14-9-6-10-15-25)20-28(34)32-19-17-24-12-7-5-8-13-24/h5-16,18,21-23,27,29H,17,19-20H2,1-4H3,(H,32,34). The number of carbonyl (C=O) groups is 2. The Morgan fingerprint density at radius 3 is 2.00 bits per heavy atom. The van der Waals surface area contributed by atoms with Gasteiger partial charge in [0.1, 0.15) is 0 Å². The highest BCUT2D eigenvalue weighted by Crippen LogP contribution is 2.38. The third kappa shape index (κ3) is 7.25. The molecule has 0 aliphatic carbocycles. The quantitative estimate of drug-likeness (QED) is 0.410. The minimum absolute atomic E-state index is 0.0222. The molecule has 0 aliphatic rings. The molecule has 0 spiro atoms. The van der Waals surface area contributed by atoms with Crippen LogP contribution in [0.4, 0.5) is 0 Å². The van der Waals surface area contributed by atoms with Crippen LogP contribution in [0.5, 0.6) is 0 Å². The van der Waals surface area contributed by atoms with Crippen LogP contribution in [-0.2, 0) is 16.0 Å². The predicted octanol–water partition coefficient (Wildman–Crippen LogP) is 5.34. The average molecular weight is 472 g/mol. The van der Waals surface area contributed by atoms with Crippen LogP contribution in [0.15, 0.2) is 85.2 Å². The van der Waals surface area contributed by atoms with Gasteiger partial charge >= 0.3 is 0 Å². The van der Waals surface area contributed by atoms with E-state index in [2.05, 4.69) is 22.4 Å². The lowest BCUT2D eigenvalue weighted by atomic mass is 9.78. The number of pyridine rings is 1. The highest BCUT2D eigenvalue weighted by atomic mass is 16.2. The first kappa shape index (κ1) is 26.1. The third-order valence-corrected chi connectivity index (χ3v) is 6.29. The van der Waals surface area contributed by atoms with Crippen molar-refractivity contribution < 1.29 is 9.59 Å². The molecule has 5 heteroatoms. The van der Waals surface area contributed by atoms with E-state index in [1.54, 1.807) is 12.4 Å². The Balaban J connectivity index is 1.90. The molecule has 2 aromatic carbocycles. The molecule has 1 aromatic heterocycles. The second kappa shape index (κ2) is 12.8. The lowest BCUT2D eigenvalue weighted by Gasteiger charge is -2.37. The van der Waals surface area contributed by atoms with Crippen LogP contribution in [0, 0.1) is 0 Å². The van der Waals surface area contributed by atoms with Crippen molar-refractivity contribution in [2.45, 2.75) is 64.5 Å². The maximum absolute atomic E-state index is 14.1. The second-order valence-corrected chi connectivity index (χ2v) is 9.50. The number of carbonyl (C=O) groups excluding carboxylic acids is 2. The van der Waals surface area contributed by atoms with Crippen molar-refractivity contribution >= 4 is 11.8 Å². The van der Waals surface area contributed by atoms with E-state index in [4.69, 9.17) is 0 Å². The largest absolute Gasteiger partial charge is 0.356 e. The molecular weight excluding hydrogens is 434 g/mol. The van der Waals surface area contributed by atoms with Gasteiger partial charge in [-0.05, 0) is 56.9 Å². The summed E-state index contributed by atoms with van der Waals surface area (Å²) in [4.78, 5) is 33.5. The Morgan fingerprint density at radius 2 is 1.43 bits per heavy atom. The number of aromatic nitrogens is 1. The molecule has 2 unspecified atom stereocenters. The van der Waals surface area contributed by atoms with Crippen molar-refractivity contribution in [3.8, 4) is 0 Å². The normalized spacial score (nSPS) is 12.9. The van der Waals surface area contributed by atoms with Crippen LogP contribution in [0.2, 0.25) is 0 Å². The fraction of sp³-hybridized carbons (Fsp3) is 0.367. The summed E-state index contributed by atoms with van der Waals surface area (Å²) in [7, 11) is 0. The van der Waals surface area contributed by atoms with Crippen LogP contribution >= 0.6 is 0 Å². The van der Waals surface area contributed by atoms with Gasteiger partial charge in [-0.1, -0.05) is 66.7 Å². The van der Waals surface area contributed by atoms with Gasteiger partial charge in [-0.2, -0.15) is 0 Å². The van der Waals surface area contributed by atoms with E-state index in [-0.39, 0.29) is 36.2 Å². The van der Waals surface area contributed by atoms with Crippen molar-refractivity contribution in [3.63, 3.8) is 0 Å². The Hall–Kier alpha value is -3.47. The summed E-state index contributed by atoms with van der Waals surface area (Å²) in [5, 5.41) is 3.07. The maximum atomic E-state index is 14.1. The van der Waals surface area contributed by atoms with Crippen molar-refractivity contribution in [1.82, 2.24) is 15.2 Å². The number of nitrogens with one attached hydrogen (secondary N) is 1. The summed E-state index contributed by atoms with van der Waals surface area (Å²) in [6, 6.07) is 23.9. The molecule has 0 aliphatic heterocycles. The van der Waals surface area contributed by atoms with Gasteiger partial charge in [-0.3, -0.25) is 14.6 Å². The van der Waals surface area contributed by atoms with Gasteiger partial charge in [-0.15, -0.1) is 0 Å². The number of amides is 2. The SMILES string of the molecule is CC(C)N(C(=O)C(c1cccnc1)C(CC(=O)NCCc1ccccc1)c1ccccc1)C(C)C. The molecule has 0 radical (unpaired) electrons. The lowest BCUT2D eigenvalue weighted by molar-refractivity contribution is -0.137. The van der Waals surface area contributed by atoms with Gasteiger partial charge < -0.3 is 10.2 Å². The molecular formula is C30H37N3O2. The van der Waals surface area contributed by atoms with E-state index in [9.17, 15) is 9.59 Å². The number of benzene rings is 2. The summed E-state index contributed by atoms with van der Waals surface area (Å²) >= 11 is 0. The average Bonchev–Trinajstić information content (AvgIpc) is 2.85. The van der Waals surface area contributed by atoms with E-state index in [0.717, 1.165) is 17.5 Å². The first-order chi connectivity index (χ1) is 16.9. The number of nitrogens with zero attached hydrogens (tertiary/aromatic N) is 2. The second-order valence-electron chi connectivity index (χ2n) is 9.50. The molecule has 3 rings (SSSR count). The van der Waals surface area contributed by atoms with Crippen LogP contribution < -0.4 is 5.32 Å². The first-order valence-corrected chi connectivity index (χ1v) is 12.5. The molecule has 5 nitrogen and oxygen atoms in total. The van der Waals surface area contributed by atoms with Crippen molar-refractivity contribution in [2.75, 3.05) is 6.54 Å². The third-order valence-electron chi connectivity index (χ3n) is 6.29. The van der Waals surface area contributed by atoms with Crippen LogP contribution in [0.3, 0.4) is 0 Å². The fourth-order valence-corrected chi connectivity index (χ4v) is 4.76. The minimum atomic E-state index is -0.518. The molecule has 35 heavy (non-hydrogen) atoms. The molecule has 184 valence electrons. The van der Waals surface area contributed by atoms with Crippen molar-refractivity contribution in [3.05, 3.63) is 102 Å². The van der Waals surface area contributed by atoms with Crippen LogP contribution in [0.25, 0.3) is 0 Å². The van der Waals surface area contributed by atoms with Gasteiger partial charge in [0, 0.05) is 43.4 Å². The van der Waals surface area contributed by atoms with Gasteiger partial charge in [0.05, 0.1) is 5.92 Å². The zero-order chi connectivity index (χ0) is 25.2. The summed E-state index contributed by atoms with van der Waals surface area (Å²) in [5.41, 5.74) is 2.98. The molecule has 1 N–H and O–H groups in total. The van der Waals surface area contributed by atoms with Gasteiger partial charge in [0.25, 0.3) is 0 Å². The van der Waals surface area contributed by atoms with Crippen molar-refractivity contribution in [2.24, 2.45) is 0 Å². The van der Waals surface area contributed by atoms with Gasteiger partial charge in [0.2, 0.25) is 11.8 Å². The monoisotopic (exact) mass is 471 g/mol. The highest BCUT2D eigenvalue weighted by molar-refractivity contribution is 5.87. The van der Waals surface area contributed by atoms with E-state index < -0.39 is 5.92 Å². The van der Waals surface area contributed by atoms with Gasteiger partial charge in [-0.25, -0.2) is 0 Å². The first-order valence-electron chi connectivity index (χ1n) is 12.5. The Kier molecular flexibility index (Phi) is 9.59. The zero-order valence-electron chi connectivity index (χ0n) is 21.2. The Bertz CT molecular complexity index is 1040. The molecule has 1 heterocycles. The van der Waals surface area contributed by atoms with E-state index >= 15 is 0 Å². The van der Waals surface area contributed by atoms with Crippen LogP contribution in [0.1, 0.15) is 62.6 Å². The molecule has 2 atom stereocenters. The molecule has 0 bridgehead atoms. The van der Waals surface area contributed by atoms with Crippen molar-refractivity contribution in [1.29, 1.82) is 0 Å². The van der Waals surface area contributed by atoms with Crippen LogP contribution in [-0.4, -0.2) is 40.3 Å². The number of hydrogen-bond donors (Lipinski definition) is 1. The lowest BCUT2D eigenvalue weighted by Crippen LogP contribution is -2.46. The molecule has 0 saturated carbocycles. The topological polar surface area (TPSA) is 62.3 Å². The van der Waals surface area contributed by atoms with E-state index in [0.29, 0.717) is 6.54 Å². The van der Waals surface area contributed by atoms with Gasteiger partial charge in [0.15, 0.2) is 0 Å². The maximum Gasteiger partial charge on any atom is 0.231 e. The molecule has 0 fully saturated rings. The smallest absolute Gasteiger partial charge is 0.231 e. The molecule has 2 amide bonds. The highest BCUT2D eigenvalue weighted by Gasteiger charge is 2.37. The van der Waals surface area contributed by atoms with E-state index in [1.165, 1.54) is 5.56 Å². The molecule has 0 saturated heterocycles. The Morgan fingerprint density at radius 1 is 0.829 bits per heavy atom.